The van der Waals surface area contributed by atoms with E-state index in [1.54, 1.807) is 11.8 Å². The van der Waals surface area contributed by atoms with Crippen LogP contribution in [0.3, 0.4) is 0 Å². The monoisotopic (exact) mass is 324 g/mol. The summed E-state index contributed by atoms with van der Waals surface area (Å²) in [5.74, 6) is -0.867. The third kappa shape index (κ3) is 6.85. The molecule has 1 rings (SSSR count). The fraction of sp³-hybridized carbons (Fsp3) is 0.500. The van der Waals surface area contributed by atoms with Gasteiger partial charge in [-0.15, -0.1) is 11.8 Å². The Morgan fingerprint density at radius 1 is 1.27 bits per heavy atom. The number of aliphatic carboxylic acids is 1. The third-order valence-corrected chi connectivity index (χ3v) is 4.00. The van der Waals surface area contributed by atoms with Crippen molar-refractivity contribution in [2.24, 2.45) is 0 Å². The van der Waals surface area contributed by atoms with E-state index in [2.05, 4.69) is 24.5 Å². The summed E-state index contributed by atoms with van der Waals surface area (Å²) >= 11 is 1.68. The van der Waals surface area contributed by atoms with Gasteiger partial charge in [0.05, 0.1) is 5.69 Å². The molecule has 1 aromatic rings. The Kier molecular flexibility index (Phi) is 6.74. The molecule has 6 heteroatoms. The second-order valence-corrected chi connectivity index (χ2v) is 7.64. The highest BCUT2D eigenvalue weighted by Crippen LogP contribution is 2.30. The van der Waals surface area contributed by atoms with Gasteiger partial charge in [-0.2, -0.15) is 0 Å². The number of amides is 2. The van der Waals surface area contributed by atoms with Gasteiger partial charge in [-0.3, -0.25) is 4.79 Å². The highest BCUT2D eigenvalue weighted by Gasteiger charge is 2.22. The van der Waals surface area contributed by atoms with Crippen molar-refractivity contribution in [3.8, 4) is 0 Å². The first-order chi connectivity index (χ1) is 10.2. The standard InChI is InChI=1S/C16H24N2O3S/c1-11(2)22-13-8-6-5-7-12(13)17-15(21)18-16(3,4)10-9-14(19)20/h5-8,11H,9-10H2,1-4H3,(H,19,20)(H2,17,18,21). The lowest BCUT2D eigenvalue weighted by molar-refractivity contribution is -0.137. The van der Waals surface area contributed by atoms with Crippen molar-refractivity contribution >= 4 is 29.4 Å². The number of benzene rings is 1. The second-order valence-electron chi connectivity index (χ2n) is 6.02. The van der Waals surface area contributed by atoms with Crippen LogP contribution in [0.5, 0.6) is 0 Å². The number of rotatable bonds is 7. The largest absolute Gasteiger partial charge is 0.481 e. The minimum Gasteiger partial charge on any atom is -0.481 e. The minimum absolute atomic E-state index is 0.0209. The number of carboxylic acid groups (broad SMARTS) is 1. The maximum atomic E-state index is 12.1. The van der Waals surface area contributed by atoms with E-state index in [0.717, 1.165) is 10.6 Å². The van der Waals surface area contributed by atoms with Crippen molar-refractivity contribution < 1.29 is 14.7 Å². The summed E-state index contributed by atoms with van der Waals surface area (Å²) < 4.78 is 0. The van der Waals surface area contributed by atoms with E-state index < -0.39 is 11.5 Å². The fourth-order valence-corrected chi connectivity index (χ4v) is 2.78. The molecule has 5 nitrogen and oxygen atoms in total. The summed E-state index contributed by atoms with van der Waals surface area (Å²) in [5.41, 5.74) is 0.176. The van der Waals surface area contributed by atoms with Gasteiger partial charge in [-0.25, -0.2) is 4.79 Å². The smallest absolute Gasteiger partial charge is 0.319 e. The van der Waals surface area contributed by atoms with E-state index in [-0.39, 0.29) is 12.5 Å². The Morgan fingerprint density at radius 2 is 1.91 bits per heavy atom. The number of nitrogens with one attached hydrogen (secondary N) is 2. The predicted octanol–water partition coefficient (Wildman–Crippen LogP) is 3.95. The maximum Gasteiger partial charge on any atom is 0.319 e. The van der Waals surface area contributed by atoms with Crippen LogP contribution in [0.1, 0.15) is 40.5 Å². The second kappa shape index (κ2) is 8.08. The molecule has 0 aliphatic carbocycles. The van der Waals surface area contributed by atoms with Gasteiger partial charge in [-0.1, -0.05) is 26.0 Å². The van der Waals surface area contributed by atoms with Crippen LogP contribution >= 0.6 is 11.8 Å². The molecule has 0 spiro atoms. The predicted molar refractivity (Wildman–Crippen MR) is 90.5 cm³/mol. The SMILES string of the molecule is CC(C)Sc1ccccc1NC(=O)NC(C)(C)CCC(=O)O. The quantitative estimate of drug-likeness (QED) is 0.664. The zero-order chi connectivity index (χ0) is 16.8. The lowest BCUT2D eigenvalue weighted by atomic mass is 9.99. The van der Waals surface area contributed by atoms with Crippen molar-refractivity contribution in [3.63, 3.8) is 0 Å². The van der Waals surface area contributed by atoms with E-state index in [9.17, 15) is 9.59 Å². The van der Waals surface area contributed by atoms with Gasteiger partial charge in [0, 0.05) is 22.1 Å². The van der Waals surface area contributed by atoms with Crippen molar-refractivity contribution in [1.29, 1.82) is 0 Å². The van der Waals surface area contributed by atoms with Gasteiger partial charge in [0.25, 0.3) is 0 Å². The molecule has 0 unspecified atom stereocenters. The van der Waals surface area contributed by atoms with Crippen LogP contribution in [0.2, 0.25) is 0 Å². The Bertz CT molecular complexity index is 530. The first kappa shape index (κ1) is 18.4. The van der Waals surface area contributed by atoms with Crippen LogP contribution in [0.4, 0.5) is 10.5 Å². The topological polar surface area (TPSA) is 78.4 Å². The molecule has 0 aromatic heterocycles. The summed E-state index contributed by atoms with van der Waals surface area (Å²) in [6.07, 6.45) is 0.394. The minimum atomic E-state index is -0.867. The average Bonchev–Trinajstić information content (AvgIpc) is 2.37. The van der Waals surface area contributed by atoms with E-state index in [4.69, 9.17) is 5.11 Å². The van der Waals surface area contributed by atoms with Crippen molar-refractivity contribution in [2.45, 2.75) is 56.2 Å². The summed E-state index contributed by atoms with van der Waals surface area (Å²) in [7, 11) is 0. The normalized spacial score (nSPS) is 11.3. The van der Waals surface area contributed by atoms with Gasteiger partial charge >= 0.3 is 12.0 Å². The van der Waals surface area contributed by atoms with Gasteiger partial charge < -0.3 is 15.7 Å². The van der Waals surface area contributed by atoms with Crippen LogP contribution in [-0.2, 0) is 4.79 Å². The van der Waals surface area contributed by atoms with Crippen LogP contribution in [0.15, 0.2) is 29.2 Å². The molecular weight excluding hydrogens is 300 g/mol. The molecule has 0 heterocycles. The van der Waals surface area contributed by atoms with Crippen molar-refractivity contribution in [1.82, 2.24) is 5.32 Å². The Morgan fingerprint density at radius 3 is 2.50 bits per heavy atom. The van der Waals surface area contributed by atoms with Gasteiger partial charge in [0.15, 0.2) is 0 Å². The van der Waals surface area contributed by atoms with Crippen molar-refractivity contribution in [3.05, 3.63) is 24.3 Å². The van der Waals surface area contributed by atoms with E-state index in [1.807, 2.05) is 38.1 Å². The van der Waals surface area contributed by atoms with Gasteiger partial charge in [0.1, 0.15) is 0 Å². The van der Waals surface area contributed by atoms with E-state index >= 15 is 0 Å². The van der Waals surface area contributed by atoms with Crippen molar-refractivity contribution in [2.75, 3.05) is 5.32 Å². The number of hydrogen-bond donors (Lipinski definition) is 3. The Hall–Kier alpha value is -1.69. The summed E-state index contributed by atoms with van der Waals surface area (Å²) in [6.45, 7) is 7.81. The molecule has 0 aliphatic heterocycles. The number of para-hydroxylation sites is 1. The molecule has 0 atom stereocenters. The zero-order valence-electron chi connectivity index (χ0n) is 13.5. The lowest BCUT2D eigenvalue weighted by Gasteiger charge is -2.26. The van der Waals surface area contributed by atoms with Crippen LogP contribution in [0.25, 0.3) is 0 Å². The summed E-state index contributed by atoms with van der Waals surface area (Å²) in [6, 6.07) is 7.30. The fourth-order valence-electron chi connectivity index (χ4n) is 1.87. The molecular formula is C16H24N2O3S. The number of urea groups is 1. The highest BCUT2D eigenvalue weighted by molar-refractivity contribution is 8.00. The molecule has 0 saturated heterocycles. The molecule has 0 saturated carbocycles. The number of carboxylic acids is 1. The molecule has 122 valence electrons. The number of hydrogen-bond acceptors (Lipinski definition) is 3. The summed E-state index contributed by atoms with van der Waals surface area (Å²) in [5, 5.41) is 14.8. The van der Waals surface area contributed by atoms with Crippen LogP contribution in [-0.4, -0.2) is 27.9 Å². The molecule has 22 heavy (non-hydrogen) atoms. The van der Waals surface area contributed by atoms with E-state index in [0.29, 0.717) is 11.7 Å². The average molecular weight is 324 g/mol. The van der Waals surface area contributed by atoms with Gasteiger partial charge in [0.2, 0.25) is 0 Å². The highest BCUT2D eigenvalue weighted by atomic mass is 32.2. The molecule has 2 amide bonds. The Balaban J connectivity index is 2.67. The maximum absolute atomic E-state index is 12.1. The summed E-state index contributed by atoms with van der Waals surface area (Å²) in [4.78, 5) is 23.8. The zero-order valence-corrected chi connectivity index (χ0v) is 14.3. The molecule has 0 bridgehead atoms. The number of anilines is 1. The third-order valence-electron chi connectivity index (χ3n) is 2.91. The number of thioether (sulfide) groups is 1. The molecule has 0 fully saturated rings. The van der Waals surface area contributed by atoms with E-state index in [1.165, 1.54) is 0 Å². The Labute approximate surface area is 135 Å². The molecule has 3 N–H and O–H groups in total. The molecule has 0 radical (unpaired) electrons. The molecule has 0 aliphatic rings. The number of carbonyl (C=O) groups excluding carboxylic acids is 1. The molecule has 1 aromatic carbocycles. The first-order valence-corrected chi connectivity index (χ1v) is 8.14. The van der Waals surface area contributed by atoms with Crippen LogP contribution in [0, 0.1) is 0 Å². The lowest BCUT2D eigenvalue weighted by Crippen LogP contribution is -2.45. The number of carbonyl (C=O) groups is 2. The first-order valence-electron chi connectivity index (χ1n) is 7.26. The van der Waals surface area contributed by atoms with Crippen LogP contribution < -0.4 is 10.6 Å². The van der Waals surface area contributed by atoms with Gasteiger partial charge in [-0.05, 0) is 32.4 Å².